The molecule has 2 N–H and O–H groups in total. The largest absolute Gasteiger partial charge is 0.344 e. The molecule has 88 valence electrons. The van der Waals surface area contributed by atoms with Gasteiger partial charge in [-0.05, 0) is 6.42 Å². The summed E-state index contributed by atoms with van der Waals surface area (Å²) in [6.07, 6.45) is 0.606. The maximum Gasteiger partial charge on any atom is 0.128 e. The zero-order valence-electron chi connectivity index (χ0n) is 9.53. The molecule has 2 fully saturated rings. The number of aliphatic imine (C=N–C) groups is 1. The predicted octanol–water partition coefficient (Wildman–Crippen LogP) is -0.768. The summed E-state index contributed by atoms with van der Waals surface area (Å²) in [4.78, 5) is 6.50. The van der Waals surface area contributed by atoms with Crippen LogP contribution in [0.5, 0.6) is 0 Å². The average molecular weight is 230 g/mol. The average Bonchev–Trinajstić information content (AvgIpc) is 2.39. The Hall–Kier alpha value is -1.63. The molecule has 2 atom stereocenters. The van der Waals surface area contributed by atoms with Crippen LogP contribution >= 0.6 is 0 Å². The van der Waals surface area contributed by atoms with Crippen molar-refractivity contribution in [2.45, 2.75) is 6.42 Å². The fourth-order valence-corrected chi connectivity index (χ4v) is 3.17. The highest BCUT2D eigenvalue weighted by atomic mass is 15.3. The summed E-state index contributed by atoms with van der Waals surface area (Å²) in [5.41, 5.74) is -1.07. The lowest BCUT2D eigenvalue weighted by Gasteiger charge is -2.52. The van der Waals surface area contributed by atoms with Gasteiger partial charge in [0, 0.05) is 19.6 Å². The Morgan fingerprint density at radius 1 is 1.24 bits per heavy atom. The van der Waals surface area contributed by atoms with E-state index in [1.807, 2.05) is 0 Å². The van der Waals surface area contributed by atoms with Crippen molar-refractivity contribution in [3.8, 4) is 12.1 Å². The van der Waals surface area contributed by atoms with Crippen LogP contribution in [0.3, 0.4) is 0 Å². The van der Waals surface area contributed by atoms with Gasteiger partial charge >= 0.3 is 0 Å². The van der Waals surface area contributed by atoms with Crippen LogP contribution in [-0.2, 0) is 0 Å². The van der Waals surface area contributed by atoms with Crippen molar-refractivity contribution in [1.29, 1.82) is 10.5 Å². The van der Waals surface area contributed by atoms with E-state index in [9.17, 15) is 10.5 Å². The molecular formula is C11H14N6. The molecule has 0 spiro atoms. The van der Waals surface area contributed by atoms with Crippen LogP contribution in [0.2, 0.25) is 0 Å². The number of fused-ring (bicyclic) bond motifs is 4. The molecule has 2 bridgehead atoms. The fraction of sp³-hybridized carbons (Fsp3) is 0.727. The maximum atomic E-state index is 9.51. The van der Waals surface area contributed by atoms with E-state index in [-0.39, 0.29) is 0 Å². The second kappa shape index (κ2) is 3.43. The minimum Gasteiger partial charge on any atom is -0.344 e. The summed E-state index contributed by atoms with van der Waals surface area (Å²) in [7, 11) is 0. The molecule has 0 saturated carbocycles. The van der Waals surface area contributed by atoms with Crippen molar-refractivity contribution in [2.75, 3.05) is 33.0 Å². The smallest absolute Gasteiger partial charge is 0.128 e. The lowest BCUT2D eigenvalue weighted by molar-refractivity contribution is 0.112. The summed E-state index contributed by atoms with van der Waals surface area (Å²) < 4.78 is 0. The van der Waals surface area contributed by atoms with Crippen LogP contribution in [-0.4, -0.2) is 43.7 Å². The van der Waals surface area contributed by atoms with Crippen molar-refractivity contribution >= 4 is 5.84 Å². The van der Waals surface area contributed by atoms with Gasteiger partial charge < -0.3 is 10.2 Å². The zero-order valence-corrected chi connectivity index (χ0v) is 9.53. The number of nitriles is 2. The number of piperidine rings is 2. The molecule has 2 unspecified atom stereocenters. The van der Waals surface area contributed by atoms with E-state index < -0.39 is 10.8 Å². The van der Waals surface area contributed by atoms with Gasteiger partial charge in [0.05, 0.1) is 30.9 Å². The molecule has 0 aliphatic carbocycles. The van der Waals surface area contributed by atoms with Gasteiger partial charge in [-0.2, -0.15) is 10.5 Å². The molecule has 0 aromatic heterocycles. The monoisotopic (exact) mass is 230 g/mol. The first kappa shape index (κ1) is 10.5. The molecule has 3 rings (SSSR count). The highest BCUT2D eigenvalue weighted by molar-refractivity contribution is 5.92. The highest BCUT2D eigenvalue weighted by Crippen LogP contribution is 2.44. The topological polar surface area (TPSA) is 87.2 Å². The number of rotatable bonds is 0. The summed E-state index contributed by atoms with van der Waals surface area (Å²) >= 11 is 0. The normalized spacial score (nSPS) is 39.6. The number of hydrogen-bond donors (Lipinski definition) is 2. The second-order valence-electron chi connectivity index (χ2n) is 5.11. The van der Waals surface area contributed by atoms with Crippen LogP contribution in [0.1, 0.15) is 6.42 Å². The van der Waals surface area contributed by atoms with E-state index in [2.05, 4.69) is 32.7 Å². The summed E-state index contributed by atoms with van der Waals surface area (Å²) in [6, 6.07) is 4.80. The van der Waals surface area contributed by atoms with Gasteiger partial charge in [0.15, 0.2) is 0 Å². The summed E-state index contributed by atoms with van der Waals surface area (Å²) in [5.74, 6) is 0.858. The lowest BCUT2D eigenvalue weighted by atomic mass is 9.65. The zero-order chi connectivity index (χ0) is 11.9. The van der Waals surface area contributed by atoms with Crippen molar-refractivity contribution in [3.63, 3.8) is 0 Å². The third kappa shape index (κ3) is 1.35. The van der Waals surface area contributed by atoms with Crippen LogP contribution < -0.4 is 10.6 Å². The molecule has 6 heteroatoms. The Morgan fingerprint density at radius 2 is 2.12 bits per heavy atom. The van der Waals surface area contributed by atoms with Gasteiger partial charge in [0.1, 0.15) is 11.3 Å². The van der Waals surface area contributed by atoms with E-state index in [1.54, 1.807) is 0 Å². The van der Waals surface area contributed by atoms with Gasteiger partial charge in [0.25, 0.3) is 0 Å². The second-order valence-corrected chi connectivity index (χ2v) is 5.11. The minimum atomic E-state index is -0.617. The predicted molar refractivity (Wildman–Crippen MR) is 60.6 cm³/mol. The van der Waals surface area contributed by atoms with Crippen molar-refractivity contribution in [3.05, 3.63) is 0 Å². The van der Waals surface area contributed by atoms with Crippen LogP contribution in [0.25, 0.3) is 0 Å². The van der Waals surface area contributed by atoms with Gasteiger partial charge in [-0.25, -0.2) is 0 Å². The van der Waals surface area contributed by atoms with E-state index >= 15 is 0 Å². The third-order valence-electron chi connectivity index (χ3n) is 3.85. The molecule has 0 aromatic rings. The molecule has 17 heavy (non-hydrogen) atoms. The molecule has 3 aliphatic heterocycles. The number of nitrogens with one attached hydrogen (secondary N) is 2. The molecule has 3 heterocycles. The first-order chi connectivity index (χ1) is 8.24. The van der Waals surface area contributed by atoms with E-state index in [1.165, 1.54) is 0 Å². The van der Waals surface area contributed by atoms with Crippen LogP contribution in [0, 0.1) is 33.5 Å². The lowest BCUT2D eigenvalue weighted by Crippen LogP contribution is -2.67. The standard InChI is InChI=1S/C11H14N6/c12-2-10-1-11(3-13,5-14-4-10)9-16-7-15-8-17(9)6-10/h14-15H,1,4-8H2. The molecular weight excluding hydrogens is 216 g/mol. The van der Waals surface area contributed by atoms with E-state index in [0.717, 1.165) is 5.84 Å². The molecule has 0 radical (unpaired) electrons. The van der Waals surface area contributed by atoms with Crippen molar-refractivity contribution in [1.82, 2.24) is 15.5 Å². The maximum absolute atomic E-state index is 9.51. The molecule has 6 nitrogen and oxygen atoms in total. The van der Waals surface area contributed by atoms with E-state index in [4.69, 9.17) is 0 Å². The Bertz CT molecular complexity index is 458. The van der Waals surface area contributed by atoms with Gasteiger partial charge in [-0.3, -0.25) is 10.3 Å². The van der Waals surface area contributed by atoms with Crippen molar-refractivity contribution < 1.29 is 0 Å². The molecule has 2 saturated heterocycles. The van der Waals surface area contributed by atoms with Gasteiger partial charge in [0.2, 0.25) is 0 Å². The van der Waals surface area contributed by atoms with Crippen LogP contribution in [0.15, 0.2) is 4.99 Å². The Labute approximate surface area is 99.9 Å². The molecule has 3 aliphatic rings. The SMILES string of the molecule is N#CC12CNCC(C#N)(C1)C1=NCNCN1C2. The number of amidine groups is 1. The Morgan fingerprint density at radius 3 is 2.88 bits per heavy atom. The minimum absolute atomic E-state index is 0.452. The van der Waals surface area contributed by atoms with Crippen molar-refractivity contribution in [2.24, 2.45) is 15.8 Å². The summed E-state index contributed by atoms with van der Waals surface area (Å²) in [6.45, 7) is 3.17. The third-order valence-corrected chi connectivity index (χ3v) is 3.85. The van der Waals surface area contributed by atoms with Crippen LogP contribution in [0.4, 0.5) is 0 Å². The summed E-state index contributed by atoms with van der Waals surface area (Å²) in [5, 5.41) is 25.3. The highest BCUT2D eigenvalue weighted by Gasteiger charge is 2.55. The fourth-order valence-electron chi connectivity index (χ4n) is 3.17. The Balaban J connectivity index is 2.08. The van der Waals surface area contributed by atoms with Gasteiger partial charge in [-0.1, -0.05) is 0 Å². The van der Waals surface area contributed by atoms with E-state index in [0.29, 0.717) is 39.4 Å². The molecule has 0 aromatic carbocycles. The number of hydrogen-bond acceptors (Lipinski definition) is 6. The van der Waals surface area contributed by atoms with Gasteiger partial charge in [-0.15, -0.1) is 0 Å². The number of nitrogens with zero attached hydrogens (tertiary/aromatic N) is 4. The Kier molecular flexibility index (Phi) is 2.12. The first-order valence-electron chi connectivity index (χ1n) is 5.78. The molecule has 0 amide bonds. The quantitative estimate of drug-likeness (QED) is 0.570. The first-order valence-corrected chi connectivity index (χ1v) is 5.78.